The molecule has 19 heavy (non-hydrogen) atoms. The van der Waals surface area contributed by atoms with Gasteiger partial charge in [0.05, 0.1) is 12.3 Å². The summed E-state index contributed by atoms with van der Waals surface area (Å²) in [5.41, 5.74) is 7.91. The first kappa shape index (κ1) is 12.6. The fourth-order valence-electron chi connectivity index (χ4n) is 3.23. The Hall–Kier alpha value is -1.42. The number of nitrogen functional groups attached to an aromatic ring is 1. The molecule has 0 aliphatic carbocycles. The van der Waals surface area contributed by atoms with Crippen LogP contribution in [0.1, 0.15) is 19.8 Å². The standard InChI is InChI=1S/C15H23N3O/c1-2-19-15-10-12(5-6-14(15)16)18-9-8-17-7-3-4-13(17)11-18/h5-6,10,13H,2-4,7-9,11,16H2,1H3. The van der Waals surface area contributed by atoms with Crippen LogP contribution in [0.3, 0.4) is 0 Å². The van der Waals surface area contributed by atoms with E-state index >= 15 is 0 Å². The molecule has 0 aromatic heterocycles. The Bertz CT molecular complexity index is 449. The lowest BCUT2D eigenvalue weighted by atomic mass is 10.1. The minimum absolute atomic E-state index is 0.657. The van der Waals surface area contributed by atoms with Crippen LogP contribution in [0.5, 0.6) is 5.75 Å². The molecule has 2 aliphatic rings. The Morgan fingerprint density at radius 2 is 2.21 bits per heavy atom. The fourth-order valence-corrected chi connectivity index (χ4v) is 3.23. The molecule has 0 bridgehead atoms. The van der Waals surface area contributed by atoms with Crippen LogP contribution in [-0.2, 0) is 0 Å². The molecule has 4 nitrogen and oxygen atoms in total. The van der Waals surface area contributed by atoms with E-state index < -0.39 is 0 Å². The number of nitrogens with zero attached hydrogens (tertiary/aromatic N) is 2. The molecular formula is C15H23N3O. The summed E-state index contributed by atoms with van der Waals surface area (Å²) >= 11 is 0. The summed E-state index contributed by atoms with van der Waals surface area (Å²) in [5, 5.41) is 0. The van der Waals surface area contributed by atoms with Crippen molar-refractivity contribution in [1.82, 2.24) is 4.90 Å². The molecule has 2 fully saturated rings. The highest BCUT2D eigenvalue weighted by Crippen LogP contribution is 2.30. The smallest absolute Gasteiger partial charge is 0.144 e. The minimum Gasteiger partial charge on any atom is -0.492 e. The highest BCUT2D eigenvalue weighted by molar-refractivity contribution is 5.62. The number of benzene rings is 1. The van der Waals surface area contributed by atoms with E-state index in [1.165, 1.54) is 31.6 Å². The third-order valence-corrected chi connectivity index (χ3v) is 4.25. The van der Waals surface area contributed by atoms with Gasteiger partial charge in [0.15, 0.2) is 0 Å². The highest BCUT2D eigenvalue weighted by Gasteiger charge is 2.30. The zero-order chi connectivity index (χ0) is 13.2. The highest BCUT2D eigenvalue weighted by atomic mass is 16.5. The second kappa shape index (κ2) is 5.29. The van der Waals surface area contributed by atoms with Crippen LogP contribution in [0.25, 0.3) is 0 Å². The van der Waals surface area contributed by atoms with Gasteiger partial charge in [-0.15, -0.1) is 0 Å². The number of nitrogens with two attached hydrogens (primary N) is 1. The van der Waals surface area contributed by atoms with E-state index in [0.717, 1.165) is 30.6 Å². The van der Waals surface area contributed by atoms with Gasteiger partial charge in [-0.2, -0.15) is 0 Å². The van der Waals surface area contributed by atoms with Gasteiger partial charge in [0.25, 0.3) is 0 Å². The van der Waals surface area contributed by atoms with E-state index in [9.17, 15) is 0 Å². The molecule has 1 unspecified atom stereocenters. The first-order chi connectivity index (χ1) is 9.28. The van der Waals surface area contributed by atoms with Crippen molar-refractivity contribution >= 4 is 11.4 Å². The van der Waals surface area contributed by atoms with Crippen LogP contribution in [0.15, 0.2) is 18.2 Å². The second-order valence-corrected chi connectivity index (χ2v) is 5.43. The summed E-state index contributed by atoms with van der Waals surface area (Å²) in [6.45, 7) is 7.35. The minimum atomic E-state index is 0.657. The zero-order valence-electron chi connectivity index (χ0n) is 11.6. The maximum atomic E-state index is 5.94. The van der Waals surface area contributed by atoms with Crippen molar-refractivity contribution < 1.29 is 4.74 Å². The Morgan fingerprint density at radius 1 is 1.32 bits per heavy atom. The molecule has 2 N–H and O–H groups in total. The zero-order valence-corrected chi connectivity index (χ0v) is 11.6. The molecule has 2 heterocycles. The lowest BCUT2D eigenvalue weighted by molar-refractivity contribution is 0.231. The van der Waals surface area contributed by atoms with Gasteiger partial charge in [-0.1, -0.05) is 0 Å². The van der Waals surface area contributed by atoms with Gasteiger partial charge in [-0.25, -0.2) is 0 Å². The van der Waals surface area contributed by atoms with E-state index in [2.05, 4.69) is 21.9 Å². The van der Waals surface area contributed by atoms with Crippen molar-refractivity contribution in [3.8, 4) is 5.75 Å². The topological polar surface area (TPSA) is 41.7 Å². The molecule has 0 amide bonds. The summed E-state index contributed by atoms with van der Waals surface area (Å²) in [6, 6.07) is 6.90. The first-order valence-electron chi connectivity index (χ1n) is 7.29. The Kier molecular flexibility index (Phi) is 3.51. The van der Waals surface area contributed by atoms with Crippen molar-refractivity contribution in [2.24, 2.45) is 0 Å². The molecule has 1 aromatic carbocycles. The predicted octanol–water partition coefficient (Wildman–Crippen LogP) is 1.95. The number of hydrogen-bond acceptors (Lipinski definition) is 4. The number of piperazine rings is 1. The van der Waals surface area contributed by atoms with Crippen molar-refractivity contribution in [2.45, 2.75) is 25.8 Å². The number of rotatable bonds is 3. The SMILES string of the molecule is CCOc1cc(N2CCN3CCCC3C2)ccc1N. The van der Waals surface area contributed by atoms with E-state index in [1.807, 2.05) is 13.0 Å². The van der Waals surface area contributed by atoms with Crippen LogP contribution in [0.2, 0.25) is 0 Å². The summed E-state index contributed by atoms with van der Waals surface area (Å²) < 4.78 is 5.59. The van der Waals surface area contributed by atoms with Crippen molar-refractivity contribution in [2.75, 3.05) is 43.4 Å². The summed E-state index contributed by atoms with van der Waals surface area (Å²) in [4.78, 5) is 5.09. The quantitative estimate of drug-likeness (QED) is 0.845. The fraction of sp³-hybridized carbons (Fsp3) is 0.600. The molecule has 104 valence electrons. The number of anilines is 2. The predicted molar refractivity (Wildman–Crippen MR) is 78.8 cm³/mol. The molecule has 0 saturated carbocycles. The van der Waals surface area contributed by atoms with E-state index in [1.54, 1.807) is 0 Å². The van der Waals surface area contributed by atoms with Gasteiger partial charge in [0, 0.05) is 37.4 Å². The largest absolute Gasteiger partial charge is 0.492 e. The third-order valence-electron chi connectivity index (χ3n) is 4.25. The summed E-state index contributed by atoms with van der Waals surface area (Å²) in [5.74, 6) is 0.814. The number of hydrogen-bond donors (Lipinski definition) is 1. The molecule has 2 saturated heterocycles. The summed E-state index contributed by atoms with van der Waals surface area (Å²) in [6.07, 6.45) is 2.69. The van der Waals surface area contributed by atoms with E-state index in [-0.39, 0.29) is 0 Å². The lowest BCUT2D eigenvalue weighted by Gasteiger charge is -2.39. The van der Waals surface area contributed by atoms with Crippen LogP contribution in [0, 0.1) is 0 Å². The maximum absolute atomic E-state index is 5.94. The molecule has 1 aromatic rings. The molecule has 1 atom stereocenters. The molecule has 4 heteroatoms. The average molecular weight is 261 g/mol. The van der Waals surface area contributed by atoms with Crippen LogP contribution in [0.4, 0.5) is 11.4 Å². The Morgan fingerprint density at radius 3 is 3.05 bits per heavy atom. The number of fused-ring (bicyclic) bond motifs is 1. The molecule has 0 spiro atoms. The van der Waals surface area contributed by atoms with E-state index in [4.69, 9.17) is 10.5 Å². The van der Waals surface area contributed by atoms with Crippen molar-refractivity contribution in [3.05, 3.63) is 18.2 Å². The molecule has 3 rings (SSSR count). The maximum Gasteiger partial charge on any atom is 0.144 e. The molecular weight excluding hydrogens is 238 g/mol. The van der Waals surface area contributed by atoms with Gasteiger partial charge in [0.1, 0.15) is 5.75 Å². The van der Waals surface area contributed by atoms with Gasteiger partial charge in [-0.05, 0) is 38.4 Å². The number of ether oxygens (including phenoxy) is 1. The molecule has 0 radical (unpaired) electrons. The lowest BCUT2D eigenvalue weighted by Crippen LogP contribution is -2.50. The average Bonchev–Trinajstić information content (AvgIpc) is 2.89. The second-order valence-electron chi connectivity index (χ2n) is 5.43. The van der Waals surface area contributed by atoms with Gasteiger partial charge in [0.2, 0.25) is 0 Å². The monoisotopic (exact) mass is 261 g/mol. The van der Waals surface area contributed by atoms with E-state index in [0.29, 0.717) is 6.61 Å². The Balaban J connectivity index is 1.76. The van der Waals surface area contributed by atoms with Gasteiger partial charge < -0.3 is 15.4 Å². The van der Waals surface area contributed by atoms with Crippen LogP contribution in [-0.4, -0.2) is 43.7 Å². The van der Waals surface area contributed by atoms with Crippen molar-refractivity contribution in [3.63, 3.8) is 0 Å². The van der Waals surface area contributed by atoms with Crippen LogP contribution < -0.4 is 15.4 Å². The van der Waals surface area contributed by atoms with Crippen LogP contribution >= 0.6 is 0 Å². The first-order valence-corrected chi connectivity index (χ1v) is 7.29. The summed E-state index contributed by atoms with van der Waals surface area (Å²) in [7, 11) is 0. The third kappa shape index (κ3) is 2.50. The Labute approximate surface area is 115 Å². The normalized spacial score (nSPS) is 23.4. The van der Waals surface area contributed by atoms with Gasteiger partial charge >= 0.3 is 0 Å². The van der Waals surface area contributed by atoms with Crippen molar-refractivity contribution in [1.29, 1.82) is 0 Å². The van der Waals surface area contributed by atoms with Gasteiger partial charge in [-0.3, -0.25) is 4.90 Å². The molecule has 2 aliphatic heterocycles.